The molecule has 0 heterocycles. The first-order valence-electron chi connectivity index (χ1n) is 6.50. The van der Waals surface area contributed by atoms with Crippen LogP contribution in [0.15, 0.2) is 18.2 Å². The highest BCUT2D eigenvalue weighted by atomic mass is 16.5. The standard InChI is InChI=1S/C14H23NO4/c1-3-19-14-10-12(4-5-13(14)16)11-15-6-7-18-9-8-17-2/h4-5,10,15-16H,3,6-9,11H2,1-2H3. The third kappa shape index (κ3) is 6.42. The largest absolute Gasteiger partial charge is 0.504 e. The van der Waals surface area contributed by atoms with Crippen LogP contribution >= 0.6 is 0 Å². The first-order valence-corrected chi connectivity index (χ1v) is 6.50. The summed E-state index contributed by atoms with van der Waals surface area (Å²) in [7, 11) is 1.66. The third-order valence-electron chi connectivity index (χ3n) is 2.51. The molecule has 0 unspecified atom stereocenters. The van der Waals surface area contributed by atoms with Crippen LogP contribution in [0.4, 0.5) is 0 Å². The van der Waals surface area contributed by atoms with Crippen LogP contribution in [0.25, 0.3) is 0 Å². The van der Waals surface area contributed by atoms with Gasteiger partial charge in [-0.1, -0.05) is 6.07 Å². The summed E-state index contributed by atoms with van der Waals surface area (Å²) in [5.41, 5.74) is 1.07. The average molecular weight is 269 g/mol. The number of aromatic hydroxyl groups is 1. The minimum absolute atomic E-state index is 0.175. The Morgan fingerprint density at radius 1 is 1.21 bits per heavy atom. The van der Waals surface area contributed by atoms with E-state index in [0.717, 1.165) is 12.1 Å². The SMILES string of the molecule is CCOc1cc(CNCCOCCOC)ccc1O. The molecule has 0 aliphatic carbocycles. The highest BCUT2D eigenvalue weighted by Crippen LogP contribution is 2.26. The number of ether oxygens (including phenoxy) is 3. The van der Waals surface area contributed by atoms with Crippen LogP contribution in [0.3, 0.4) is 0 Å². The summed E-state index contributed by atoms with van der Waals surface area (Å²) in [4.78, 5) is 0. The van der Waals surface area contributed by atoms with Gasteiger partial charge in [-0.3, -0.25) is 0 Å². The predicted octanol–water partition coefficient (Wildman–Crippen LogP) is 1.54. The Labute approximate surface area is 114 Å². The molecule has 5 nitrogen and oxygen atoms in total. The summed E-state index contributed by atoms with van der Waals surface area (Å²) >= 11 is 0. The zero-order chi connectivity index (χ0) is 13.9. The lowest BCUT2D eigenvalue weighted by Crippen LogP contribution is -2.20. The lowest BCUT2D eigenvalue weighted by molar-refractivity contribution is 0.0719. The normalized spacial score (nSPS) is 10.6. The Morgan fingerprint density at radius 3 is 2.79 bits per heavy atom. The number of methoxy groups -OCH3 is 1. The van der Waals surface area contributed by atoms with Crippen LogP contribution in [0.5, 0.6) is 11.5 Å². The maximum absolute atomic E-state index is 9.58. The minimum Gasteiger partial charge on any atom is -0.504 e. The summed E-state index contributed by atoms with van der Waals surface area (Å²) < 4.78 is 15.6. The molecule has 0 bridgehead atoms. The maximum atomic E-state index is 9.58. The second-order valence-electron chi connectivity index (χ2n) is 4.02. The molecular formula is C14H23NO4. The zero-order valence-electron chi connectivity index (χ0n) is 11.6. The van der Waals surface area contributed by atoms with Crippen molar-refractivity contribution in [2.75, 3.05) is 40.1 Å². The fourth-order valence-corrected chi connectivity index (χ4v) is 1.56. The van der Waals surface area contributed by atoms with E-state index in [1.807, 2.05) is 19.1 Å². The Kier molecular flexibility index (Phi) is 7.97. The van der Waals surface area contributed by atoms with Gasteiger partial charge in [-0.05, 0) is 24.6 Å². The van der Waals surface area contributed by atoms with E-state index in [4.69, 9.17) is 14.2 Å². The van der Waals surface area contributed by atoms with Crippen LogP contribution in [0, 0.1) is 0 Å². The van der Waals surface area contributed by atoms with Crippen LogP contribution in [0.1, 0.15) is 12.5 Å². The van der Waals surface area contributed by atoms with Crippen molar-refractivity contribution < 1.29 is 19.3 Å². The van der Waals surface area contributed by atoms with Gasteiger partial charge in [0.25, 0.3) is 0 Å². The monoisotopic (exact) mass is 269 g/mol. The molecule has 1 aromatic carbocycles. The second kappa shape index (κ2) is 9.61. The summed E-state index contributed by atoms with van der Waals surface area (Å²) in [6.07, 6.45) is 0. The van der Waals surface area contributed by atoms with E-state index in [2.05, 4.69) is 5.32 Å². The Bertz CT molecular complexity index is 357. The lowest BCUT2D eigenvalue weighted by atomic mass is 10.2. The number of hydrogen-bond acceptors (Lipinski definition) is 5. The summed E-state index contributed by atoms with van der Waals surface area (Å²) in [5, 5.41) is 12.8. The summed E-state index contributed by atoms with van der Waals surface area (Å²) in [6, 6.07) is 5.37. The Balaban J connectivity index is 2.23. The maximum Gasteiger partial charge on any atom is 0.161 e. The summed E-state index contributed by atoms with van der Waals surface area (Å²) in [6.45, 7) is 5.81. The highest BCUT2D eigenvalue weighted by molar-refractivity contribution is 5.41. The van der Waals surface area contributed by atoms with Crippen molar-refractivity contribution in [3.8, 4) is 11.5 Å². The smallest absolute Gasteiger partial charge is 0.161 e. The highest BCUT2D eigenvalue weighted by Gasteiger charge is 2.03. The van der Waals surface area contributed by atoms with Crippen molar-refractivity contribution in [2.24, 2.45) is 0 Å². The number of hydrogen-bond donors (Lipinski definition) is 2. The van der Waals surface area contributed by atoms with Crippen molar-refractivity contribution in [1.82, 2.24) is 5.32 Å². The van der Waals surface area contributed by atoms with Crippen molar-refractivity contribution in [3.05, 3.63) is 23.8 Å². The van der Waals surface area contributed by atoms with Crippen molar-refractivity contribution in [3.63, 3.8) is 0 Å². The van der Waals surface area contributed by atoms with E-state index in [1.54, 1.807) is 13.2 Å². The molecular weight excluding hydrogens is 246 g/mol. The van der Waals surface area contributed by atoms with Crippen molar-refractivity contribution >= 4 is 0 Å². The third-order valence-corrected chi connectivity index (χ3v) is 2.51. The molecule has 0 radical (unpaired) electrons. The quantitative estimate of drug-likeness (QED) is 0.631. The topological polar surface area (TPSA) is 60.0 Å². The number of benzene rings is 1. The van der Waals surface area contributed by atoms with Crippen LogP contribution in [0.2, 0.25) is 0 Å². The van der Waals surface area contributed by atoms with Crippen LogP contribution in [-0.2, 0) is 16.0 Å². The Morgan fingerprint density at radius 2 is 2.05 bits per heavy atom. The average Bonchev–Trinajstić information content (AvgIpc) is 2.41. The zero-order valence-corrected chi connectivity index (χ0v) is 11.6. The van der Waals surface area contributed by atoms with Gasteiger partial charge in [0, 0.05) is 20.2 Å². The van der Waals surface area contributed by atoms with Gasteiger partial charge >= 0.3 is 0 Å². The van der Waals surface area contributed by atoms with E-state index >= 15 is 0 Å². The van der Waals surface area contributed by atoms with Gasteiger partial charge in [0.15, 0.2) is 11.5 Å². The van der Waals surface area contributed by atoms with Crippen LogP contribution < -0.4 is 10.1 Å². The molecule has 19 heavy (non-hydrogen) atoms. The minimum atomic E-state index is 0.175. The molecule has 0 fully saturated rings. The first kappa shape index (κ1) is 15.8. The van der Waals surface area contributed by atoms with E-state index in [9.17, 15) is 5.11 Å². The number of rotatable bonds is 10. The van der Waals surface area contributed by atoms with Gasteiger partial charge in [0.05, 0.1) is 26.4 Å². The summed E-state index contributed by atoms with van der Waals surface area (Å²) in [5.74, 6) is 0.701. The number of phenols is 1. The van der Waals surface area contributed by atoms with Crippen LogP contribution in [-0.4, -0.2) is 45.2 Å². The fourth-order valence-electron chi connectivity index (χ4n) is 1.56. The predicted molar refractivity (Wildman–Crippen MR) is 73.7 cm³/mol. The van der Waals surface area contributed by atoms with Gasteiger partial charge in [0.1, 0.15) is 0 Å². The van der Waals surface area contributed by atoms with Gasteiger partial charge in [-0.15, -0.1) is 0 Å². The van der Waals surface area contributed by atoms with Gasteiger partial charge in [0.2, 0.25) is 0 Å². The molecule has 5 heteroatoms. The molecule has 1 aromatic rings. The molecule has 2 N–H and O–H groups in total. The second-order valence-corrected chi connectivity index (χ2v) is 4.02. The van der Waals surface area contributed by atoms with E-state index in [0.29, 0.717) is 38.7 Å². The van der Waals surface area contributed by atoms with E-state index < -0.39 is 0 Å². The van der Waals surface area contributed by atoms with Crippen molar-refractivity contribution in [2.45, 2.75) is 13.5 Å². The van der Waals surface area contributed by atoms with Gasteiger partial charge in [-0.25, -0.2) is 0 Å². The molecule has 0 spiro atoms. The lowest BCUT2D eigenvalue weighted by Gasteiger charge is -2.09. The molecule has 0 aliphatic rings. The molecule has 108 valence electrons. The number of phenolic OH excluding ortho intramolecular Hbond substituents is 1. The Hall–Kier alpha value is -1.30. The van der Waals surface area contributed by atoms with Gasteiger partial charge < -0.3 is 24.6 Å². The molecule has 0 saturated carbocycles. The van der Waals surface area contributed by atoms with E-state index in [-0.39, 0.29) is 5.75 Å². The molecule has 0 aromatic heterocycles. The first-order chi connectivity index (χ1) is 9.27. The van der Waals surface area contributed by atoms with Gasteiger partial charge in [-0.2, -0.15) is 0 Å². The molecule has 0 amide bonds. The molecule has 1 rings (SSSR count). The van der Waals surface area contributed by atoms with E-state index in [1.165, 1.54) is 0 Å². The molecule has 0 aliphatic heterocycles. The van der Waals surface area contributed by atoms with Crippen molar-refractivity contribution in [1.29, 1.82) is 0 Å². The fraction of sp³-hybridized carbons (Fsp3) is 0.571. The molecule has 0 atom stereocenters. The number of nitrogens with one attached hydrogen (secondary N) is 1. The molecule has 0 saturated heterocycles.